The maximum absolute atomic E-state index is 13.6. The van der Waals surface area contributed by atoms with E-state index >= 15 is 0 Å². The molecule has 0 atom stereocenters. The molecule has 4 nitrogen and oxygen atoms in total. The summed E-state index contributed by atoms with van der Waals surface area (Å²) in [6.45, 7) is 2.45. The fourth-order valence-corrected chi connectivity index (χ4v) is 5.38. The summed E-state index contributed by atoms with van der Waals surface area (Å²) in [5.41, 5.74) is 3.87. The number of carbonyl (C=O) groups is 1. The van der Waals surface area contributed by atoms with Gasteiger partial charge in [-0.15, -0.1) is 0 Å². The average molecular weight is 414 g/mol. The van der Waals surface area contributed by atoms with E-state index in [0.717, 1.165) is 37.9 Å². The minimum absolute atomic E-state index is 0.0205. The number of hydrogen-bond acceptors (Lipinski definition) is 2. The number of piperidine rings is 1. The first-order chi connectivity index (χ1) is 13.6. The summed E-state index contributed by atoms with van der Waals surface area (Å²) in [5.74, 6) is -0.0205. The molecule has 1 spiro atoms. The number of amides is 1. The first-order valence-corrected chi connectivity index (χ1v) is 10.4. The maximum Gasteiger partial charge on any atom is 0.256 e. The van der Waals surface area contributed by atoms with Crippen molar-refractivity contribution >= 4 is 40.0 Å². The Hall–Kier alpha value is -2.01. The molecular weight excluding hydrogens is 393 g/mol. The van der Waals surface area contributed by atoms with Crippen molar-refractivity contribution in [3.8, 4) is 0 Å². The van der Waals surface area contributed by atoms with Crippen LogP contribution in [0.4, 0.5) is 0 Å². The number of fused-ring (bicyclic) bond motifs is 4. The minimum Gasteiger partial charge on any atom is -0.356 e. The summed E-state index contributed by atoms with van der Waals surface area (Å²) < 4.78 is 0. The van der Waals surface area contributed by atoms with Crippen LogP contribution in [0.15, 0.2) is 42.5 Å². The van der Waals surface area contributed by atoms with E-state index in [-0.39, 0.29) is 11.4 Å². The zero-order valence-corrected chi connectivity index (χ0v) is 16.9. The second kappa shape index (κ2) is 6.80. The normalized spacial score (nSPS) is 18.4. The summed E-state index contributed by atoms with van der Waals surface area (Å²) in [5, 5.41) is 5.66. The lowest BCUT2D eigenvalue weighted by molar-refractivity contribution is 0.0282. The van der Waals surface area contributed by atoms with Crippen molar-refractivity contribution in [2.24, 2.45) is 0 Å². The lowest BCUT2D eigenvalue weighted by atomic mass is 9.77. The molecule has 2 N–H and O–H groups in total. The van der Waals surface area contributed by atoms with E-state index in [1.807, 2.05) is 4.90 Å². The van der Waals surface area contributed by atoms with Crippen molar-refractivity contribution in [3.05, 3.63) is 69.3 Å². The van der Waals surface area contributed by atoms with Gasteiger partial charge < -0.3 is 15.2 Å². The van der Waals surface area contributed by atoms with Gasteiger partial charge in [0, 0.05) is 28.2 Å². The van der Waals surface area contributed by atoms with Gasteiger partial charge in [0.05, 0.1) is 16.1 Å². The molecule has 2 aromatic carbocycles. The van der Waals surface area contributed by atoms with Crippen LogP contribution in [0.2, 0.25) is 10.0 Å². The SMILES string of the molecule is O=C(c1ccc(Cl)cc1Cl)N1CCc2c([nH]c3ccccc23)C12CCNCC2. The van der Waals surface area contributed by atoms with E-state index in [9.17, 15) is 4.79 Å². The topological polar surface area (TPSA) is 48.1 Å². The lowest BCUT2D eigenvalue weighted by Crippen LogP contribution is -2.57. The quantitative estimate of drug-likeness (QED) is 0.604. The predicted octanol–water partition coefficient (Wildman–Crippen LogP) is 4.75. The Balaban J connectivity index is 1.65. The third-order valence-electron chi connectivity index (χ3n) is 6.22. The molecule has 2 aliphatic rings. The van der Waals surface area contributed by atoms with Gasteiger partial charge in [-0.3, -0.25) is 4.79 Å². The molecule has 2 aliphatic heterocycles. The highest BCUT2D eigenvalue weighted by Gasteiger charge is 2.47. The van der Waals surface area contributed by atoms with E-state index < -0.39 is 0 Å². The highest BCUT2D eigenvalue weighted by atomic mass is 35.5. The molecule has 0 saturated carbocycles. The summed E-state index contributed by atoms with van der Waals surface area (Å²) in [6, 6.07) is 13.5. The van der Waals surface area contributed by atoms with E-state index in [1.54, 1.807) is 18.2 Å². The Bertz CT molecular complexity index is 1070. The molecule has 5 rings (SSSR count). The second-order valence-electron chi connectivity index (χ2n) is 7.64. The number of nitrogens with one attached hydrogen (secondary N) is 2. The Morgan fingerprint density at radius 1 is 1.07 bits per heavy atom. The predicted molar refractivity (Wildman–Crippen MR) is 113 cm³/mol. The van der Waals surface area contributed by atoms with Gasteiger partial charge in [0.15, 0.2) is 0 Å². The fourth-order valence-electron chi connectivity index (χ4n) is 4.89. The van der Waals surface area contributed by atoms with Gasteiger partial charge in [-0.25, -0.2) is 0 Å². The van der Waals surface area contributed by atoms with Gasteiger partial charge in [-0.05, 0) is 62.2 Å². The van der Waals surface area contributed by atoms with Crippen LogP contribution in [-0.2, 0) is 12.0 Å². The molecule has 0 aliphatic carbocycles. The van der Waals surface area contributed by atoms with Crippen LogP contribution in [-0.4, -0.2) is 35.4 Å². The number of carbonyl (C=O) groups excluding carboxylic acids is 1. The van der Waals surface area contributed by atoms with Crippen LogP contribution in [0.1, 0.15) is 34.5 Å². The first-order valence-electron chi connectivity index (χ1n) is 9.68. The molecule has 3 aromatic rings. The van der Waals surface area contributed by atoms with Crippen molar-refractivity contribution in [3.63, 3.8) is 0 Å². The molecule has 0 radical (unpaired) electrons. The molecular formula is C22H21Cl2N3O. The van der Waals surface area contributed by atoms with Gasteiger partial charge >= 0.3 is 0 Å². The van der Waals surface area contributed by atoms with Gasteiger partial charge in [0.25, 0.3) is 5.91 Å². The van der Waals surface area contributed by atoms with Gasteiger partial charge in [-0.2, -0.15) is 0 Å². The molecule has 1 saturated heterocycles. The van der Waals surface area contributed by atoms with Crippen LogP contribution >= 0.6 is 23.2 Å². The highest BCUT2D eigenvalue weighted by molar-refractivity contribution is 6.36. The molecule has 1 fully saturated rings. The number of halogens is 2. The number of aromatic nitrogens is 1. The molecule has 1 aromatic heterocycles. The van der Waals surface area contributed by atoms with Gasteiger partial charge in [0.2, 0.25) is 0 Å². The average Bonchev–Trinajstić information content (AvgIpc) is 3.09. The van der Waals surface area contributed by atoms with Crippen LogP contribution in [0, 0.1) is 0 Å². The molecule has 1 amide bonds. The van der Waals surface area contributed by atoms with Crippen LogP contribution < -0.4 is 5.32 Å². The highest BCUT2D eigenvalue weighted by Crippen LogP contribution is 2.45. The summed E-state index contributed by atoms with van der Waals surface area (Å²) in [6.07, 6.45) is 2.60. The molecule has 28 heavy (non-hydrogen) atoms. The minimum atomic E-state index is -0.335. The maximum atomic E-state index is 13.6. The Morgan fingerprint density at radius 3 is 2.64 bits per heavy atom. The van der Waals surface area contributed by atoms with Gasteiger partial charge in [0.1, 0.15) is 0 Å². The molecule has 0 bridgehead atoms. The third-order valence-corrected chi connectivity index (χ3v) is 6.77. The van der Waals surface area contributed by atoms with E-state index in [0.29, 0.717) is 22.2 Å². The fraction of sp³-hybridized carbons (Fsp3) is 0.318. The number of para-hydroxylation sites is 1. The number of rotatable bonds is 1. The molecule has 144 valence electrons. The zero-order chi connectivity index (χ0) is 19.3. The van der Waals surface area contributed by atoms with Crippen molar-refractivity contribution in [2.45, 2.75) is 24.8 Å². The zero-order valence-electron chi connectivity index (χ0n) is 15.4. The first kappa shape index (κ1) is 18.0. The largest absolute Gasteiger partial charge is 0.356 e. The molecule has 0 unspecified atom stereocenters. The van der Waals surface area contributed by atoms with Crippen molar-refractivity contribution in [2.75, 3.05) is 19.6 Å². The Morgan fingerprint density at radius 2 is 1.86 bits per heavy atom. The van der Waals surface area contributed by atoms with Gasteiger partial charge in [-0.1, -0.05) is 41.4 Å². The molecule has 6 heteroatoms. The standard InChI is InChI=1S/C22H21Cl2N3O/c23-14-5-6-17(18(24)13-14)21(28)27-12-7-16-15-3-1-2-4-19(15)26-20(16)22(27)8-10-25-11-9-22/h1-6,13,25-26H,7-12H2. The van der Waals surface area contributed by atoms with Crippen LogP contribution in [0.25, 0.3) is 10.9 Å². The number of hydrogen-bond donors (Lipinski definition) is 2. The van der Waals surface area contributed by atoms with E-state index in [1.165, 1.54) is 16.6 Å². The summed E-state index contributed by atoms with van der Waals surface area (Å²) in [7, 11) is 0. The Labute approximate surface area is 173 Å². The Kier molecular flexibility index (Phi) is 4.38. The smallest absolute Gasteiger partial charge is 0.256 e. The van der Waals surface area contributed by atoms with E-state index in [2.05, 4.69) is 34.6 Å². The third kappa shape index (κ3) is 2.66. The van der Waals surface area contributed by atoms with Crippen molar-refractivity contribution in [1.29, 1.82) is 0 Å². The van der Waals surface area contributed by atoms with Crippen molar-refractivity contribution < 1.29 is 4.79 Å². The summed E-state index contributed by atoms with van der Waals surface area (Å²) in [4.78, 5) is 19.3. The number of aromatic amines is 1. The number of benzene rings is 2. The number of nitrogens with zero attached hydrogens (tertiary/aromatic N) is 1. The lowest BCUT2D eigenvalue weighted by Gasteiger charge is -2.49. The van der Waals surface area contributed by atoms with Crippen molar-refractivity contribution in [1.82, 2.24) is 15.2 Å². The summed E-state index contributed by atoms with van der Waals surface area (Å²) >= 11 is 12.4. The molecule has 3 heterocycles. The monoisotopic (exact) mass is 413 g/mol. The number of H-pyrrole nitrogens is 1. The second-order valence-corrected chi connectivity index (χ2v) is 8.48. The van der Waals surface area contributed by atoms with E-state index in [4.69, 9.17) is 23.2 Å². The van der Waals surface area contributed by atoms with Crippen LogP contribution in [0.5, 0.6) is 0 Å². The van der Waals surface area contributed by atoms with Crippen LogP contribution in [0.3, 0.4) is 0 Å².